The molecule has 1 heterocycles. The first-order valence-electron chi connectivity index (χ1n) is 3.90. The van der Waals surface area contributed by atoms with E-state index in [0.29, 0.717) is 0 Å². The fraction of sp³-hybridized carbons (Fsp3) is 0.100. The summed E-state index contributed by atoms with van der Waals surface area (Å²) < 4.78 is 0.852. The monoisotopic (exact) mass is 255 g/mol. The van der Waals surface area contributed by atoms with Crippen molar-refractivity contribution in [3.8, 4) is 0 Å². The normalized spacial score (nSPS) is 10.7. The molecule has 0 atom stereocenters. The molecule has 1 aromatic heterocycles. The van der Waals surface area contributed by atoms with Gasteiger partial charge in [0.2, 0.25) is 0 Å². The SMILES string of the molecule is Cc1cc2c(Cl)cccc2c(Br)n1. The Morgan fingerprint density at radius 2 is 2.08 bits per heavy atom. The molecule has 0 radical (unpaired) electrons. The van der Waals surface area contributed by atoms with E-state index in [4.69, 9.17) is 11.6 Å². The Kier molecular flexibility index (Phi) is 2.26. The zero-order chi connectivity index (χ0) is 9.42. The van der Waals surface area contributed by atoms with Crippen LogP contribution in [0.15, 0.2) is 28.9 Å². The van der Waals surface area contributed by atoms with Crippen LogP contribution in [0.1, 0.15) is 5.69 Å². The van der Waals surface area contributed by atoms with Crippen LogP contribution in [0, 0.1) is 6.92 Å². The van der Waals surface area contributed by atoms with Gasteiger partial charge in [0.1, 0.15) is 4.60 Å². The third-order valence-electron chi connectivity index (χ3n) is 1.90. The minimum Gasteiger partial charge on any atom is -0.246 e. The molecule has 66 valence electrons. The van der Waals surface area contributed by atoms with Crippen molar-refractivity contribution in [2.75, 3.05) is 0 Å². The molecule has 0 fully saturated rings. The fourth-order valence-corrected chi connectivity index (χ4v) is 2.17. The van der Waals surface area contributed by atoms with Crippen molar-refractivity contribution in [2.24, 2.45) is 0 Å². The van der Waals surface area contributed by atoms with Crippen LogP contribution in [-0.2, 0) is 0 Å². The summed E-state index contributed by atoms with van der Waals surface area (Å²) in [6, 6.07) is 7.79. The fourth-order valence-electron chi connectivity index (χ4n) is 1.32. The standard InChI is InChI=1S/C10H7BrClN/c1-6-5-8-7(10(11)13-6)3-2-4-9(8)12/h2-5H,1H3. The van der Waals surface area contributed by atoms with Crippen molar-refractivity contribution in [2.45, 2.75) is 6.92 Å². The number of halogens is 2. The van der Waals surface area contributed by atoms with E-state index >= 15 is 0 Å². The minimum absolute atomic E-state index is 0.767. The second kappa shape index (κ2) is 3.28. The van der Waals surface area contributed by atoms with E-state index in [-0.39, 0.29) is 0 Å². The Morgan fingerprint density at radius 1 is 1.31 bits per heavy atom. The lowest BCUT2D eigenvalue weighted by Crippen LogP contribution is -1.84. The highest BCUT2D eigenvalue weighted by Gasteiger charge is 2.03. The second-order valence-electron chi connectivity index (χ2n) is 2.89. The second-order valence-corrected chi connectivity index (χ2v) is 4.05. The quantitative estimate of drug-likeness (QED) is 0.650. The molecule has 1 nitrogen and oxygen atoms in total. The minimum atomic E-state index is 0.767. The molecule has 0 amide bonds. The molecular formula is C10H7BrClN. The summed E-state index contributed by atoms with van der Waals surface area (Å²) in [5, 5.41) is 2.87. The molecule has 2 aromatic rings. The van der Waals surface area contributed by atoms with E-state index in [1.165, 1.54) is 0 Å². The third kappa shape index (κ3) is 1.56. The highest BCUT2D eigenvalue weighted by Crippen LogP contribution is 2.28. The van der Waals surface area contributed by atoms with Crippen LogP contribution >= 0.6 is 27.5 Å². The Hall–Kier alpha value is -0.600. The molecule has 0 aliphatic carbocycles. The van der Waals surface area contributed by atoms with Gasteiger partial charge in [-0.25, -0.2) is 4.98 Å². The van der Waals surface area contributed by atoms with Gasteiger partial charge in [-0.05, 0) is 35.0 Å². The summed E-state index contributed by atoms with van der Waals surface area (Å²) >= 11 is 9.46. The van der Waals surface area contributed by atoms with Gasteiger partial charge in [0, 0.05) is 21.5 Å². The number of hydrogen-bond acceptors (Lipinski definition) is 1. The maximum Gasteiger partial charge on any atom is 0.114 e. The summed E-state index contributed by atoms with van der Waals surface area (Å²) in [6.45, 7) is 1.95. The van der Waals surface area contributed by atoms with Gasteiger partial charge in [0.25, 0.3) is 0 Å². The largest absolute Gasteiger partial charge is 0.246 e. The maximum atomic E-state index is 6.05. The lowest BCUT2D eigenvalue weighted by Gasteiger charge is -2.03. The number of rotatable bonds is 0. The summed E-state index contributed by atoms with van der Waals surface area (Å²) in [4.78, 5) is 4.30. The van der Waals surface area contributed by atoms with Gasteiger partial charge >= 0.3 is 0 Å². The molecule has 13 heavy (non-hydrogen) atoms. The number of aromatic nitrogens is 1. The van der Waals surface area contributed by atoms with Crippen LogP contribution in [0.4, 0.5) is 0 Å². The van der Waals surface area contributed by atoms with Crippen molar-refractivity contribution < 1.29 is 0 Å². The molecule has 0 spiro atoms. The van der Waals surface area contributed by atoms with Crippen LogP contribution in [-0.4, -0.2) is 4.98 Å². The van der Waals surface area contributed by atoms with E-state index in [1.807, 2.05) is 31.2 Å². The van der Waals surface area contributed by atoms with Crippen molar-refractivity contribution in [3.63, 3.8) is 0 Å². The zero-order valence-electron chi connectivity index (χ0n) is 7.01. The van der Waals surface area contributed by atoms with Crippen molar-refractivity contribution >= 4 is 38.3 Å². The van der Waals surface area contributed by atoms with Crippen LogP contribution in [0.2, 0.25) is 5.02 Å². The Morgan fingerprint density at radius 3 is 2.85 bits per heavy atom. The van der Waals surface area contributed by atoms with E-state index in [2.05, 4.69) is 20.9 Å². The predicted molar refractivity (Wildman–Crippen MR) is 59.2 cm³/mol. The van der Waals surface area contributed by atoms with Crippen LogP contribution in [0.3, 0.4) is 0 Å². The van der Waals surface area contributed by atoms with E-state index in [0.717, 1.165) is 26.1 Å². The summed E-state index contributed by atoms with van der Waals surface area (Å²) in [6.07, 6.45) is 0. The number of hydrogen-bond donors (Lipinski definition) is 0. The van der Waals surface area contributed by atoms with Crippen LogP contribution < -0.4 is 0 Å². The van der Waals surface area contributed by atoms with Gasteiger partial charge < -0.3 is 0 Å². The first kappa shape index (κ1) is 8.97. The third-order valence-corrected chi connectivity index (χ3v) is 2.84. The van der Waals surface area contributed by atoms with Gasteiger partial charge in [0.05, 0.1) is 0 Å². The molecule has 0 N–H and O–H groups in total. The van der Waals surface area contributed by atoms with Gasteiger partial charge in [0.15, 0.2) is 0 Å². The molecule has 0 aliphatic heterocycles. The highest BCUT2D eigenvalue weighted by molar-refractivity contribution is 9.10. The topological polar surface area (TPSA) is 12.9 Å². The summed E-state index contributed by atoms with van der Waals surface area (Å²) in [5.74, 6) is 0. The van der Waals surface area contributed by atoms with E-state index < -0.39 is 0 Å². The molecular weight excluding hydrogens is 249 g/mol. The molecule has 0 aliphatic rings. The van der Waals surface area contributed by atoms with Crippen molar-refractivity contribution in [1.29, 1.82) is 0 Å². The van der Waals surface area contributed by atoms with Crippen molar-refractivity contribution in [3.05, 3.63) is 39.6 Å². The molecule has 0 bridgehead atoms. The van der Waals surface area contributed by atoms with Gasteiger partial charge in [-0.3, -0.25) is 0 Å². The van der Waals surface area contributed by atoms with Crippen molar-refractivity contribution in [1.82, 2.24) is 4.98 Å². The zero-order valence-corrected chi connectivity index (χ0v) is 9.35. The van der Waals surface area contributed by atoms with Crippen LogP contribution in [0.5, 0.6) is 0 Å². The molecule has 0 saturated heterocycles. The maximum absolute atomic E-state index is 6.05. The number of benzene rings is 1. The average molecular weight is 257 g/mol. The Balaban J connectivity index is 2.94. The molecule has 2 rings (SSSR count). The number of aryl methyl sites for hydroxylation is 1. The molecule has 3 heteroatoms. The van der Waals surface area contributed by atoms with Crippen LogP contribution in [0.25, 0.3) is 10.8 Å². The lowest BCUT2D eigenvalue weighted by atomic mass is 10.1. The number of pyridine rings is 1. The van der Waals surface area contributed by atoms with Gasteiger partial charge in [-0.1, -0.05) is 23.7 Å². The summed E-state index contributed by atoms with van der Waals surface area (Å²) in [5.41, 5.74) is 0.965. The Bertz CT molecular complexity index is 468. The average Bonchev–Trinajstić information content (AvgIpc) is 2.07. The molecule has 0 unspecified atom stereocenters. The molecule has 0 saturated carbocycles. The predicted octanol–water partition coefficient (Wildman–Crippen LogP) is 3.96. The lowest BCUT2D eigenvalue weighted by molar-refractivity contribution is 1.19. The van der Waals surface area contributed by atoms with Gasteiger partial charge in [-0.15, -0.1) is 0 Å². The number of fused-ring (bicyclic) bond motifs is 1. The first-order valence-corrected chi connectivity index (χ1v) is 5.07. The Labute approximate surface area is 89.9 Å². The molecule has 1 aromatic carbocycles. The first-order chi connectivity index (χ1) is 6.18. The van der Waals surface area contributed by atoms with E-state index in [9.17, 15) is 0 Å². The van der Waals surface area contributed by atoms with Gasteiger partial charge in [-0.2, -0.15) is 0 Å². The summed E-state index contributed by atoms with van der Waals surface area (Å²) in [7, 11) is 0. The smallest absolute Gasteiger partial charge is 0.114 e. The number of nitrogens with zero attached hydrogens (tertiary/aromatic N) is 1. The highest BCUT2D eigenvalue weighted by atomic mass is 79.9. The van der Waals surface area contributed by atoms with E-state index in [1.54, 1.807) is 0 Å².